The summed E-state index contributed by atoms with van der Waals surface area (Å²) in [5, 5.41) is 0. The minimum Gasteiger partial charge on any atom is -0.295 e. The van der Waals surface area contributed by atoms with Crippen molar-refractivity contribution in [3.63, 3.8) is 0 Å². The van der Waals surface area contributed by atoms with Gasteiger partial charge >= 0.3 is 0 Å². The second kappa shape index (κ2) is 7.26. The second-order valence-corrected chi connectivity index (χ2v) is 6.06. The van der Waals surface area contributed by atoms with Gasteiger partial charge in [0.25, 0.3) is 11.8 Å². The number of benzene rings is 2. The van der Waals surface area contributed by atoms with Gasteiger partial charge < -0.3 is 0 Å². The Morgan fingerprint density at radius 1 is 0.920 bits per heavy atom. The van der Waals surface area contributed by atoms with Crippen LogP contribution in [-0.4, -0.2) is 29.0 Å². The first-order valence-electron chi connectivity index (χ1n) is 8.29. The van der Waals surface area contributed by atoms with E-state index in [1.165, 1.54) is 11.8 Å². The highest BCUT2D eigenvalue weighted by molar-refractivity contribution is 6.21. The van der Waals surface area contributed by atoms with Gasteiger partial charge in [-0.25, -0.2) is 0 Å². The van der Waals surface area contributed by atoms with Crippen LogP contribution < -0.4 is 0 Å². The van der Waals surface area contributed by atoms with Crippen LogP contribution in [0.3, 0.4) is 0 Å². The van der Waals surface area contributed by atoms with Crippen LogP contribution in [0.2, 0.25) is 0 Å². The zero-order valence-electron chi connectivity index (χ0n) is 14.1. The van der Waals surface area contributed by atoms with Gasteiger partial charge in [0.15, 0.2) is 5.78 Å². The van der Waals surface area contributed by atoms with Gasteiger partial charge in [-0.2, -0.15) is 0 Å². The molecule has 0 spiro atoms. The molecule has 25 heavy (non-hydrogen) atoms. The van der Waals surface area contributed by atoms with Crippen molar-refractivity contribution in [2.24, 2.45) is 0 Å². The van der Waals surface area contributed by atoms with E-state index in [2.05, 4.69) is 0 Å². The third-order valence-electron chi connectivity index (χ3n) is 4.23. The SMILES string of the molecule is CC(=O)/C=C(/CCCN1C(=O)c2ccccc2C1=O)c1ccccc1. The fraction of sp³-hybridized carbons (Fsp3) is 0.190. The van der Waals surface area contributed by atoms with Crippen LogP contribution >= 0.6 is 0 Å². The van der Waals surface area contributed by atoms with Gasteiger partial charge in [0.2, 0.25) is 0 Å². The van der Waals surface area contributed by atoms with Gasteiger partial charge in [0.1, 0.15) is 0 Å². The highest BCUT2D eigenvalue weighted by atomic mass is 16.2. The summed E-state index contributed by atoms with van der Waals surface area (Å²) in [4.78, 5) is 37.5. The molecule has 1 heterocycles. The third kappa shape index (κ3) is 3.58. The van der Waals surface area contributed by atoms with Crippen LogP contribution in [0.15, 0.2) is 60.7 Å². The number of imide groups is 1. The predicted octanol–water partition coefficient (Wildman–Crippen LogP) is 3.74. The average Bonchev–Trinajstić information content (AvgIpc) is 2.86. The molecule has 1 aliphatic heterocycles. The van der Waals surface area contributed by atoms with Gasteiger partial charge in [-0.05, 0) is 49.1 Å². The fourth-order valence-corrected chi connectivity index (χ4v) is 3.07. The molecular formula is C21H19NO3. The summed E-state index contributed by atoms with van der Waals surface area (Å²) in [6.07, 6.45) is 2.86. The lowest BCUT2D eigenvalue weighted by Crippen LogP contribution is -2.30. The van der Waals surface area contributed by atoms with Crippen LogP contribution in [0.5, 0.6) is 0 Å². The Kier molecular flexibility index (Phi) is 4.89. The summed E-state index contributed by atoms with van der Waals surface area (Å²) < 4.78 is 0. The van der Waals surface area contributed by atoms with E-state index in [0.717, 1.165) is 11.1 Å². The number of ketones is 1. The Balaban J connectivity index is 1.69. The van der Waals surface area contributed by atoms with Gasteiger partial charge in [-0.1, -0.05) is 42.5 Å². The predicted molar refractivity (Wildman–Crippen MR) is 96.1 cm³/mol. The first-order chi connectivity index (χ1) is 12.1. The number of nitrogens with zero attached hydrogens (tertiary/aromatic N) is 1. The number of fused-ring (bicyclic) bond motifs is 1. The molecule has 0 saturated carbocycles. The zero-order valence-corrected chi connectivity index (χ0v) is 14.1. The lowest BCUT2D eigenvalue weighted by Gasteiger charge is -2.14. The minimum atomic E-state index is -0.239. The van der Waals surface area contributed by atoms with E-state index in [1.807, 2.05) is 30.3 Å². The molecular weight excluding hydrogens is 314 g/mol. The smallest absolute Gasteiger partial charge is 0.261 e. The summed E-state index contributed by atoms with van der Waals surface area (Å²) in [7, 11) is 0. The molecule has 0 atom stereocenters. The summed E-state index contributed by atoms with van der Waals surface area (Å²) >= 11 is 0. The first kappa shape index (κ1) is 16.8. The molecule has 3 rings (SSSR count). The van der Waals surface area contributed by atoms with E-state index in [-0.39, 0.29) is 17.6 Å². The van der Waals surface area contributed by atoms with E-state index in [1.54, 1.807) is 30.3 Å². The largest absolute Gasteiger partial charge is 0.295 e. The monoisotopic (exact) mass is 333 g/mol. The topological polar surface area (TPSA) is 54.5 Å². The van der Waals surface area contributed by atoms with E-state index in [4.69, 9.17) is 0 Å². The molecule has 126 valence electrons. The van der Waals surface area contributed by atoms with Crippen LogP contribution in [0.25, 0.3) is 5.57 Å². The van der Waals surface area contributed by atoms with Gasteiger partial charge in [0, 0.05) is 6.54 Å². The molecule has 0 fully saturated rings. The van der Waals surface area contributed by atoms with Gasteiger partial charge in [0.05, 0.1) is 11.1 Å². The molecule has 2 aromatic carbocycles. The molecule has 0 aliphatic carbocycles. The van der Waals surface area contributed by atoms with E-state index >= 15 is 0 Å². The summed E-state index contributed by atoms with van der Waals surface area (Å²) in [5.41, 5.74) is 2.84. The molecule has 0 aromatic heterocycles. The fourth-order valence-electron chi connectivity index (χ4n) is 3.07. The van der Waals surface area contributed by atoms with Crippen molar-refractivity contribution in [3.05, 3.63) is 77.4 Å². The molecule has 0 radical (unpaired) electrons. The number of allylic oxidation sites excluding steroid dienone is 2. The number of hydrogen-bond acceptors (Lipinski definition) is 3. The summed E-state index contributed by atoms with van der Waals surface area (Å²) in [6.45, 7) is 1.86. The van der Waals surface area contributed by atoms with Crippen molar-refractivity contribution < 1.29 is 14.4 Å². The van der Waals surface area contributed by atoms with Crippen molar-refractivity contribution in [2.75, 3.05) is 6.54 Å². The Morgan fingerprint density at radius 2 is 1.48 bits per heavy atom. The quantitative estimate of drug-likeness (QED) is 0.598. The van der Waals surface area contributed by atoms with Crippen LogP contribution in [0.4, 0.5) is 0 Å². The molecule has 4 heteroatoms. The second-order valence-electron chi connectivity index (χ2n) is 6.06. The van der Waals surface area contributed by atoms with Crippen LogP contribution in [0.1, 0.15) is 46.0 Å². The van der Waals surface area contributed by atoms with Crippen LogP contribution in [0, 0.1) is 0 Å². The number of rotatable bonds is 6. The third-order valence-corrected chi connectivity index (χ3v) is 4.23. The van der Waals surface area contributed by atoms with E-state index in [0.29, 0.717) is 30.5 Å². The lowest BCUT2D eigenvalue weighted by atomic mass is 9.99. The highest BCUT2D eigenvalue weighted by Crippen LogP contribution is 2.25. The number of amides is 2. The molecule has 1 aliphatic rings. The highest BCUT2D eigenvalue weighted by Gasteiger charge is 2.34. The lowest BCUT2D eigenvalue weighted by molar-refractivity contribution is -0.112. The first-order valence-corrected chi connectivity index (χ1v) is 8.29. The number of hydrogen-bond donors (Lipinski definition) is 0. The maximum atomic E-state index is 12.4. The van der Waals surface area contributed by atoms with Crippen molar-refractivity contribution in [2.45, 2.75) is 19.8 Å². The van der Waals surface area contributed by atoms with E-state index < -0.39 is 0 Å². The van der Waals surface area contributed by atoms with Gasteiger partial charge in [-0.3, -0.25) is 19.3 Å². The molecule has 2 amide bonds. The maximum Gasteiger partial charge on any atom is 0.261 e. The van der Waals surface area contributed by atoms with Gasteiger partial charge in [-0.15, -0.1) is 0 Å². The minimum absolute atomic E-state index is 0.0143. The van der Waals surface area contributed by atoms with Crippen LogP contribution in [-0.2, 0) is 4.79 Å². The standard InChI is InChI=1S/C21H19NO3/c1-15(23)14-17(16-8-3-2-4-9-16)10-7-13-22-20(24)18-11-5-6-12-19(18)21(22)25/h2-6,8-9,11-12,14H,7,10,13H2,1H3/b17-14-. The normalized spacial score (nSPS) is 14.0. The van der Waals surface area contributed by atoms with Crippen molar-refractivity contribution in [3.8, 4) is 0 Å². The Morgan fingerprint density at radius 3 is 2.04 bits per heavy atom. The Hall–Kier alpha value is -3.01. The Labute approximate surface area is 146 Å². The number of carbonyl (C=O) groups is 3. The molecule has 0 bridgehead atoms. The molecule has 2 aromatic rings. The molecule has 0 N–H and O–H groups in total. The van der Waals surface area contributed by atoms with Crippen molar-refractivity contribution >= 4 is 23.2 Å². The molecule has 0 unspecified atom stereocenters. The summed E-state index contributed by atoms with van der Waals surface area (Å²) in [5.74, 6) is -0.491. The number of carbonyl (C=O) groups excluding carboxylic acids is 3. The molecule has 0 saturated heterocycles. The zero-order chi connectivity index (χ0) is 17.8. The average molecular weight is 333 g/mol. The maximum absolute atomic E-state index is 12.4. The molecule has 4 nitrogen and oxygen atoms in total. The van der Waals surface area contributed by atoms with E-state index in [9.17, 15) is 14.4 Å². The van der Waals surface area contributed by atoms with Crippen molar-refractivity contribution in [1.29, 1.82) is 0 Å². The Bertz CT molecular complexity index is 817. The summed E-state index contributed by atoms with van der Waals surface area (Å²) in [6, 6.07) is 16.6. The van der Waals surface area contributed by atoms with Crippen molar-refractivity contribution in [1.82, 2.24) is 4.90 Å².